The van der Waals surface area contributed by atoms with Crippen LogP contribution >= 0.6 is 0 Å². The number of hydrogen-bond donors (Lipinski definition) is 1. The second-order valence-electron chi connectivity index (χ2n) is 4.95. The summed E-state index contributed by atoms with van der Waals surface area (Å²) in [7, 11) is 1.20. The van der Waals surface area contributed by atoms with E-state index in [9.17, 15) is 17.6 Å². The van der Waals surface area contributed by atoms with Crippen molar-refractivity contribution in [3.8, 4) is 5.75 Å². The molecule has 106 valence electrons. The van der Waals surface area contributed by atoms with Gasteiger partial charge < -0.3 is 10.5 Å². The van der Waals surface area contributed by atoms with Crippen LogP contribution in [0.2, 0.25) is 0 Å². The van der Waals surface area contributed by atoms with Gasteiger partial charge in [-0.1, -0.05) is 6.07 Å². The number of hydrogen-bond acceptors (Lipinski definition) is 2. The van der Waals surface area contributed by atoms with Crippen molar-refractivity contribution in [3.63, 3.8) is 0 Å². The minimum absolute atomic E-state index is 0.00142. The van der Waals surface area contributed by atoms with E-state index in [0.717, 1.165) is 6.07 Å². The highest BCUT2D eigenvalue weighted by atomic mass is 19.3. The van der Waals surface area contributed by atoms with E-state index in [4.69, 9.17) is 10.5 Å². The van der Waals surface area contributed by atoms with Gasteiger partial charge in [0.15, 0.2) is 11.6 Å². The van der Waals surface area contributed by atoms with Crippen LogP contribution in [0.4, 0.5) is 17.6 Å². The van der Waals surface area contributed by atoms with Crippen LogP contribution in [0.5, 0.6) is 5.75 Å². The standard InChI is InChI=1S/C13H15F4NO/c1-19-11-8(2-3-9(14)10(11)15)12(18)4-6-13(16,17)7-5-12/h2-3H,4-7,18H2,1H3. The first-order valence-corrected chi connectivity index (χ1v) is 5.98. The van der Waals surface area contributed by atoms with Gasteiger partial charge in [0.05, 0.1) is 7.11 Å². The molecule has 0 aliphatic heterocycles. The first-order valence-electron chi connectivity index (χ1n) is 5.98. The predicted octanol–water partition coefficient (Wildman–Crippen LogP) is 3.34. The zero-order chi connectivity index (χ0) is 14.3. The highest BCUT2D eigenvalue weighted by molar-refractivity contribution is 5.41. The van der Waals surface area contributed by atoms with Crippen molar-refractivity contribution in [2.45, 2.75) is 37.1 Å². The van der Waals surface area contributed by atoms with Crippen LogP contribution in [0.1, 0.15) is 31.2 Å². The number of alkyl halides is 2. The van der Waals surface area contributed by atoms with Gasteiger partial charge in [-0.2, -0.15) is 4.39 Å². The van der Waals surface area contributed by atoms with E-state index >= 15 is 0 Å². The SMILES string of the molecule is COc1c(C2(N)CCC(F)(F)CC2)ccc(F)c1F. The third-order valence-corrected chi connectivity index (χ3v) is 3.66. The fraction of sp³-hybridized carbons (Fsp3) is 0.538. The van der Waals surface area contributed by atoms with Crippen molar-refractivity contribution < 1.29 is 22.3 Å². The van der Waals surface area contributed by atoms with Crippen LogP contribution in [0.15, 0.2) is 12.1 Å². The molecule has 1 aromatic carbocycles. The van der Waals surface area contributed by atoms with Crippen LogP contribution in [-0.4, -0.2) is 13.0 Å². The molecular formula is C13H15F4NO. The van der Waals surface area contributed by atoms with Gasteiger partial charge in [0.25, 0.3) is 0 Å². The summed E-state index contributed by atoms with van der Waals surface area (Å²) in [5, 5.41) is 0. The third-order valence-electron chi connectivity index (χ3n) is 3.66. The number of methoxy groups -OCH3 is 1. The molecule has 6 heteroatoms. The molecule has 0 spiro atoms. The van der Waals surface area contributed by atoms with Gasteiger partial charge >= 0.3 is 0 Å². The van der Waals surface area contributed by atoms with Gasteiger partial charge in [0.2, 0.25) is 11.7 Å². The zero-order valence-corrected chi connectivity index (χ0v) is 10.5. The topological polar surface area (TPSA) is 35.2 Å². The number of halogens is 4. The second-order valence-corrected chi connectivity index (χ2v) is 4.95. The summed E-state index contributed by atoms with van der Waals surface area (Å²) in [6.07, 6.45) is -0.736. The second kappa shape index (κ2) is 4.67. The summed E-state index contributed by atoms with van der Waals surface area (Å²) in [5.74, 6) is -5.23. The van der Waals surface area contributed by atoms with Crippen molar-refractivity contribution in [3.05, 3.63) is 29.3 Å². The Morgan fingerprint density at radius 1 is 1.11 bits per heavy atom. The van der Waals surface area contributed by atoms with E-state index in [1.54, 1.807) is 0 Å². The Morgan fingerprint density at radius 2 is 1.68 bits per heavy atom. The molecule has 0 heterocycles. The molecule has 2 nitrogen and oxygen atoms in total. The lowest BCUT2D eigenvalue weighted by molar-refractivity contribution is -0.0517. The smallest absolute Gasteiger partial charge is 0.248 e. The monoisotopic (exact) mass is 277 g/mol. The fourth-order valence-corrected chi connectivity index (χ4v) is 2.45. The number of rotatable bonds is 2. The molecule has 0 saturated heterocycles. The Morgan fingerprint density at radius 3 is 2.21 bits per heavy atom. The van der Waals surface area contributed by atoms with E-state index in [2.05, 4.69) is 0 Å². The van der Waals surface area contributed by atoms with Gasteiger partial charge in [0.1, 0.15) is 0 Å². The molecule has 0 radical (unpaired) electrons. The summed E-state index contributed by atoms with van der Waals surface area (Å²) >= 11 is 0. The fourth-order valence-electron chi connectivity index (χ4n) is 2.45. The van der Waals surface area contributed by atoms with E-state index in [1.807, 2.05) is 0 Å². The van der Waals surface area contributed by atoms with Crippen molar-refractivity contribution in [1.82, 2.24) is 0 Å². The maximum Gasteiger partial charge on any atom is 0.248 e. The minimum Gasteiger partial charge on any atom is -0.493 e. The normalized spacial score (nSPS) is 21.2. The minimum atomic E-state index is -2.74. The van der Waals surface area contributed by atoms with E-state index in [1.165, 1.54) is 13.2 Å². The Bertz CT molecular complexity index is 480. The first kappa shape index (κ1) is 14.1. The Kier molecular flexibility index (Phi) is 3.47. The molecule has 19 heavy (non-hydrogen) atoms. The summed E-state index contributed by atoms with van der Waals surface area (Å²) < 4.78 is 58.0. The molecular weight excluding hydrogens is 262 g/mol. The van der Waals surface area contributed by atoms with Crippen LogP contribution in [-0.2, 0) is 5.54 Å². The average molecular weight is 277 g/mol. The lowest BCUT2D eigenvalue weighted by Crippen LogP contribution is -2.43. The Balaban J connectivity index is 2.39. The molecule has 2 rings (SSSR count). The molecule has 1 aliphatic rings. The summed E-state index contributed by atoms with van der Waals surface area (Å²) in [6, 6.07) is 2.25. The molecule has 2 N–H and O–H groups in total. The number of nitrogens with two attached hydrogens (primary N) is 1. The number of ether oxygens (including phenoxy) is 1. The molecule has 0 atom stereocenters. The molecule has 1 saturated carbocycles. The molecule has 0 bridgehead atoms. The average Bonchev–Trinajstić information content (AvgIpc) is 2.36. The lowest BCUT2D eigenvalue weighted by atomic mass is 9.75. The van der Waals surface area contributed by atoms with Crippen molar-refractivity contribution >= 4 is 0 Å². The molecule has 1 fully saturated rings. The lowest BCUT2D eigenvalue weighted by Gasteiger charge is -2.38. The van der Waals surface area contributed by atoms with Crippen LogP contribution in [0.3, 0.4) is 0 Å². The van der Waals surface area contributed by atoms with Gasteiger partial charge in [0, 0.05) is 23.9 Å². The molecule has 1 aliphatic carbocycles. The van der Waals surface area contributed by atoms with E-state index in [-0.39, 0.29) is 37.0 Å². The molecule has 0 amide bonds. The predicted molar refractivity (Wildman–Crippen MR) is 62.2 cm³/mol. The summed E-state index contributed by atoms with van der Waals surface area (Å²) in [5.41, 5.74) is 5.23. The van der Waals surface area contributed by atoms with Gasteiger partial charge in [-0.3, -0.25) is 0 Å². The Labute approximate surface area is 108 Å². The van der Waals surface area contributed by atoms with Gasteiger partial charge in [-0.05, 0) is 18.9 Å². The van der Waals surface area contributed by atoms with Crippen molar-refractivity contribution in [2.75, 3.05) is 7.11 Å². The van der Waals surface area contributed by atoms with Crippen molar-refractivity contribution in [1.29, 1.82) is 0 Å². The van der Waals surface area contributed by atoms with Crippen LogP contribution in [0.25, 0.3) is 0 Å². The van der Waals surface area contributed by atoms with Gasteiger partial charge in [-0.15, -0.1) is 0 Å². The van der Waals surface area contributed by atoms with Gasteiger partial charge in [-0.25, -0.2) is 13.2 Å². The number of benzene rings is 1. The quantitative estimate of drug-likeness (QED) is 0.841. The zero-order valence-electron chi connectivity index (χ0n) is 10.5. The largest absolute Gasteiger partial charge is 0.493 e. The highest BCUT2D eigenvalue weighted by Crippen LogP contribution is 2.45. The maximum atomic E-state index is 13.6. The van der Waals surface area contributed by atoms with Crippen LogP contribution < -0.4 is 10.5 Å². The molecule has 0 aromatic heterocycles. The molecule has 1 aromatic rings. The van der Waals surface area contributed by atoms with E-state index < -0.39 is 23.1 Å². The van der Waals surface area contributed by atoms with Crippen LogP contribution in [0, 0.1) is 11.6 Å². The Hall–Kier alpha value is -1.30. The maximum absolute atomic E-state index is 13.6. The van der Waals surface area contributed by atoms with E-state index in [0.29, 0.717) is 0 Å². The summed E-state index contributed by atoms with van der Waals surface area (Å²) in [4.78, 5) is 0. The summed E-state index contributed by atoms with van der Waals surface area (Å²) in [6.45, 7) is 0. The van der Waals surface area contributed by atoms with Crippen molar-refractivity contribution in [2.24, 2.45) is 5.73 Å². The molecule has 0 unspecified atom stereocenters. The highest BCUT2D eigenvalue weighted by Gasteiger charge is 2.43. The third kappa shape index (κ3) is 2.54. The first-order chi connectivity index (χ1) is 8.79.